The number of nitrogens with one attached hydrogen (secondary N) is 1. The second-order valence-corrected chi connectivity index (χ2v) is 4.96. The summed E-state index contributed by atoms with van der Waals surface area (Å²) in [7, 11) is 1.60. The van der Waals surface area contributed by atoms with E-state index in [1.807, 2.05) is 0 Å². The smallest absolute Gasteiger partial charge is 0.410 e. The van der Waals surface area contributed by atoms with E-state index in [2.05, 4.69) is 5.32 Å². The van der Waals surface area contributed by atoms with E-state index in [0.717, 1.165) is 0 Å². The Morgan fingerprint density at radius 2 is 1.94 bits per heavy atom. The zero-order valence-corrected chi connectivity index (χ0v) is 11.5. The quantitative estimate of drug-likeness (QED) is 0.720. The lowest BCUT2D eigenvalue weighted by Crippen LogP contribution is -2.39. The second-order valence-electron chi connectivity index (χ2n) is 4.96. The first kappa shape index (κ1) is 16.4. The highest BCUT2D eigenvalue weighted by molar-refractivity contribution is 5.78. The van der Waals surface area contributed by atoms with Crippen LogP contribution in [0.5, 0.6) is 0 Å². The molecule has 0 aliphatic heterocycles. The Morgan fingerprint density at radius 1 is 1.33 bits per heavy atom. The predicted octanol–water partition coefficient (Wildman–Crippen LogP) is 0.949. The van der Waals surface area contributed by atoms with Crippen LogP contribution in [0.4, 0.5) is 4.79 Å². The fourth-order valence-electron chi connectivity index (χ4n) is 1.07. The molecule has 2 amide bonds. The van der Waals surface area contributed by atoms with Crippen LogP contribution < -0.4 is 5.32 Å². The summed E-state index contributed by atoms with van der Waals surface area (Å²) in [4.78, 5) is 34.2. The van der Waals surface area contributed by atoms with Gasteiger partial charge in [0, 0.05) is 33.0 Å². The average Bonchev–Trinajstić information content (AvgIpc) is 2.23. The SMILES string of the molecule is CN(CCNC(=O)CCC=O)C(=O)OC(C)(C)C. The maximum Gasteiger partial charge on any atom is 0.410 e. The zero-order chi connectivity index (χ0) is 14.2. The van der Waals surface area contributed by atoms with Crippen molar-refractivity contribution in [1.29, 1.82) is 0 Å². The predicted molar refractivity (Wildman–Crippen MR) is 67.2 cm³/mol. The maximum absolute atomic E-state index is 11.6. The number of rotatable bonds is 6. The number of amides is 2. The van der Waals surface area contributed by atoms with E-state index in [0.29, 0.717) is 19.4 Å². The molecule has 18 heavy (non-hydrogen) atoms. The van der Waals surface area contributed by atoms with Crippen LogP contribution in [0.3, 0.4) is 0 Å². The van der Waals surface area contributed by atoms with Gasteiger partial charge in [-0.3, -0.25) is 4.79 Å². The Labute approximate surface area is 108 Å². The third-order valence-electron chi connectivity index (χ3n) is 1.96. The Morgan fingerprint density at radius 3 is 2.44 bits per heavy atom. The van der Waals surface area contributed by atoms with Gasteiger partial charge in [0.25, 0.3) is 0 Å². The molecule has 0 heterocycles. The van der Waals surface area contributed by atoms with E-state index in [1.165, 1.54) is 4.90 Å². The Kier molecular flexibility index (Phi) is 7.00. The van der Waals surface area contributed by atoms with Crippen molar-refractivity contribution in [1.82, 2.24) is 10.2 Å². The summed E-state index contributed by atoms with van der Waals surface area (Å²) in [6.07, 6.45) is 0.671. The number of aldehydes is 1. The molecule has 0 aromatic heterocycles. The lowest BCUT2D eigenvalue weighted by Gasteiger charge is -2.24. The molecule has 1 N–H and O–H groups in total. The van der Waals surface area contributed by atoms with E-state index in [4.69, 9.17) is 4.74 Å². The number of carbonyl (C=O) groups is 3. The molecule has 0 spiro atoms. The maximum atomic E-state index is 11.6. The fourth-order valence-corrected chi connectivity index (χ4v) is 1.07. The van der Waals surface area contributed by atoms with Crippen LogP contribution in [0.15, 0.2) is 0 Å². The molecular formula is C12H22N2O4. The monoisotopic (exact) mass is 258 g/mol. The van der Waals surface area contributed by atoms with Gasteiger partial charge in [0.15, 0.2) is 0 Å². The summed E-state index contributed by atoms with van der Waals surface area (Å²) in [5.74, 6) is -0.195. The van der Waals surface area contributed by atoms with Crippen LogP contribution >= 0.6 is 0 Å². The molecule has 0 aromatic carbocycles. The molecule has 104 valence electrons. The topological polar surface area (TPSA) is 75.7 Å². The van der Waals surface area contributed by atoms with E-state index in [1.54, 1.807) is 27.8 Å². The molecule has 0 atom stereocenters. The standard InChI is InChI=1S/C12H22N2O4/c1-12(2,3)18-11(17)14(4)8-7-13-10(16)6-5-9-15/h9H,5-8H2,1-4H3,(H,13,16). The van der Waals surface area contributed by atoms with Crippen molar-refractivity contribution in [2.75, 3.05) is 20.1 Å². The van der Waals surface area contributed by atoms with E-state index in [-0.39, 0.29) is 18.7 Å². The van der Waals surface area contributed by atoms with Gasteiger partial charge in [-0.2, -0.15) is 0 Å². The van der Waals surface area contributed by atoms with Crippen LogP contribution in [0.2, 0.25) is 0 Å². The summed E-state index contributed by atoms with van der Waals surface area (Å²) < 4.78 is 5.15. The lowest BCUT2D eigenvalue weighted by atomic mass is 10.2. The van der Waals surface area contributed by atoms with Crippen molar-refractivity contribution in [3.05, 3.63) is 0 Å². The average molecular weight is 258 g/mol. The van der Waals surface area contributed by atoms with Crippen molar-refractivity contribution in [3.8, 4) is 0 Å². The highest BCUT2D eigenvalue weighted by Crippen LogP contribution is 2.08. The van der Waals surface area contributed by atoms with Gasteiger partial charge >= 0.3 is 6.09 Å². The largest absolute Gasteiger partial charge is 0.444 e. The van der Waals surface area contributed by atoms with Crippen molar-refractivity contribution in [2.24, 2.45) is 0 Å². The molecule has 0 bridgehead atoms. The summed E-state index contributed by atoms with van der Waals surface area (Å²) in [6.45, 7) is 6.08. The number of carbonyl (C=O) groups excluding carboxylic acids is 3. The summed E-state index contributed by atoms with van der Waals surface area (Å²) >= 11 is 0. The van der Waals surface area contributed by atoms with Crippen LogP contribution in [0.25, 0.3) is 0 Å². The van der Waals surface area contributed by atoms with E-state index in [9.17, 15) is 14.4 Å². The first-order valence-corrected chi connectivity index (χ1v) is 5.90. The number of likely N-dealkylation sites (N-methyl/N-ethyl adjacent to an activating group) is 1. The molecule has 0 saturated heterocycles. The van der Waals surface area contributed by atoms with Crippen molar-refractivity contribution in [3.63, 3.8) is 0 Å². The minimum atomic E-state index is -0.529. The minimum absolute atomic E-state index is 0.180. The van der Waals surface area contributed by atoms with Gasteiger partial charge in [0.05, 0.1) is 0 Å². The van der Waals surface area contributed by atoms with Crippen molar-refractivity contribution in [2.45, 2.75) is 39.2 Å². The molecule has 0 unspecified atom stereocenters. The van der Waals surface area contributed by atoms with Crippen LogP contribution in [0.1, 0.15) is 33.6 Å². The Bertz CT molecular complexity index is 297. The Balaban J connectivity index is 3.82. The van der Waals surface area contributed by atoms with Gasteiger partial charge in [-0.1, -0.05) is 0 Å². The molecule has 0 aliphatic carbocycles. The normalized spacial score (nSPS) is 10.7. The third kappa shape index (κ3) is 8.55. The van der Waals surface area contributed by atoms with Crippen LogP contribution in [-0.2, 0) is 14.3 Å². The molecule has 0 aliphatic rings. The van der Waals surface area contributed by atoms with Gasteiger partial charge in [-0.25, -0.2) is 4.79 Å². The highest BCUT2D eigenvalue weighted by Gasteiger charge is 2.19. The molecule has 0 saturated carbocycles. The summed E-state index contributed by atoms with van der Waals surface area (Å²) in [6, 6.07) is 0. The van der Waals surface area contributed by atoms with Crippen molar-refractivity contribution >= 4 is 18.3 Å². The first-order valence-electron chi connectivity index (χ1n) is 5.90. The minimum Gasteiger partial charge on any atom is -0.444 e. The fraction of sp³-hybridized carbons (Fsp3) is 0.750. The number of hydrogen-bond acceptors (Lipinski definition) is 4. The molecule has 0 fully saturated rings. The zero-order valence-electron chi connectivity index (χ0n) is 11.5. The summed E-state index contributed by atoms with van der Waals surface area (Å²) in [5, 5.41) is 2.62. The lowest BCUT2D eigenvalue weighted by molar-refractivity contribution is -0.122. The van der Waals surface area contributed by atoms with Crippen molar-refractivity contribution < 1.29 is 19.1 Å². The highest BCUT2D eigenvalue weighted by atomic mass is 16.6. The second kappa shape index (κ2) is 7.68. The molecular weight excluding hydrogens is 236 g/mol. The van der Waals surface area contributed by atoms with Gasteiger partial charge in [-0.05, 0) is 20.8 Å². The summed E-state index contributed by atoms with van der Waals surface area (Å²) in [5.41, 5.74) is -0.529. The molecule has 0 aromatic rings. The number of hydrogen-bond donors (Lipinski definition) is 1. The molecule has 0 radical (unpaired) electrons. The van der Waals surface area contributed by atoms with Gasteiger partial charge in [0.2, 0.25) is 5.91 Å². The van der Waals surface area contributed by atoms with E-state index < -0.39 is 11.7 Å². The van der Waals surface area contributed by atoms with Gasteiger partial charge in [0.1, 0.15) is 11.9 Å². The van der Waals surface area contributed by atoms with Gasteiger partial charge in [-0.15, -0.1) is 0 Å². The van der Waals surface area contributed by atoms with Crippen LogP contribution in [-0.4, -0.2) is 48.9 Å². The Hall–Kier alpha value is -1.59. The van der Waals surface area contributed by atoms with E-state index >= 15 is 0 Å². The molecule has 6 heteroatoms. The number of ether oxygens (including phenoxy) is 1. The molecule has 0 rings (SSSR count). The first-order chi connectivity index (χ1) is 8.26. The van der Waals surface area contributed by atoms with Crippen LogP contribution in [0, 0.1) is 0 Å². The number of nitrogens with zero attached hydrogens (tertiary/aromatic N) is 1. The van der Waals surface area contributed by atoms with Gasteiger partial charge < -0.3 is 19.7 Å². The molecule has 6 nitrogen and oxygen atoms in total. The third-order valence-corrected chi connectivity index (χ3v) is 1.96.